The molecule has 7 heteroatoms. The van der Waals surface area contributed by atoms with Gasteiger partial charge in [0.1, 0.15) is 5.75 Å². The SMILES string of the molecule is COc1ccc(CNC(=O)C(F)(F)C(F)F)cc1. The maximum Gasteiger partial charge on any atom is 0.383 e. The average molecular weight is 265 g/mol. The van der Waals surface area contributed by atoms with E-state index in [1.807, 2.05) is 0 Å². The maximum absolute atomic E-state index is 12.6. The summed E-state index contributed by atoms with van der Waals surface area (Å²) in [5.41, 5.74) is 0.495. The summed E-state index contributed by atoms with van der Waals surface area (Å²) in [5, 5.41) is 1.75. The van der Waals surface area contributed by atoms with Gasteiger partial charge in [0.05, 0.1) is 7.11 Å². The molecular weight excluding hydrogens is 254 g/mol. The molecule has 0 aliphatic carbocycles. The monoisotopic (exact) mass is 265 g/mol. The largest absolute Gasteiger partial charge is 0.497 e. The molecule has 0 spiro atoms. The van der Waals surface area contributed by atoms with Crippen LogP contribution in [0.15, 0.2) is 24.3 Å². The first-order chi connectivity index (χ1) is 8.37. The minimum absolute atomic E-state index is 0.259. The predicted molar refractivity (Wildman–Crippen MR) is 55.8 cm³/mol. The first kappa shape index (κ1) is 14.3. The van der Waals surface area contributed by atoms with Crippen molar-refractivity contribution in [3.05, 3.63) is 29.8 Å². The zero-order valence-electron chi connectivity index (χ0n) is 9.42. The van der Waals surface area contributed by atoms with Gasteiger partial charge in [-0.25, -0.2) is 8.78 Å². The lowest BCUT2D eigenvalue weighted by atomic mass is 10.2. The molecule has 100 valence electrons. The summed E-state index contributed by atoms with van der Waals surface area (Å²) in [7, 11) is 1.46. The highest BCUT2D eigenvalue weighted by atomic mass is 19.3. The van der Waals surface area contributed by atoms with E-state index in [1.54, 1.807) is 17.4 Å². The van der Waals surface area contributed by atoms with E-state index in [2.05, 4.69) is 0 Å². The van der Waals surface area contributed by atoms with Crippen molar-refractivity contribution in [2.24, 2.45) is 0 Å². The van der Waals surface area contributed by atoms with Gasteiger partial charge in [0.2, 0.25) is 0 Å². The lowest BCUT2D eigenvalue weighted by Crippen LogP contribution is -2.44. The van der Waals surface area contributed by atoms with Crippen LogP contribution in [0.25, 0.3) is 0 Å². The molecule has 0 aromatic heterocycles. The highest BCUT2D eigenvalue weighted by molar-refractivity contribution is 5.83. The Morgan fingerprint density at radius 3 is 2.33 bits per heavy atom. The van der Waals surface area contributed by atoms with Crippen molar-refractivity contribution in [1.29, 1.82) is 0 Å². The van der Waals surface area contributed by atoms with E-state index < -0.39 is 18.3 Å². The third-order valence-electron chi connectivity index (χ3n) is 2.19. The van der Waals surface area contributed by atoms with E-state index in [-0.39, 0.29) is 6.54 Å². The average Bonchev–Trinajstić information content (AvgIpc) is 2.36. The molecule has 18 heavy (non-hydrogen) atoms. The Bertz CT molecular complexity index is 406. The van der Waals surface area contributed by atoms with Gasteiger partial charge in [-0.1, -0.05) is 12.1 Å². The van der Waals surface area contributed by atoms with Crippen molar-refractivity contribution in [2.45, 2.75) is 18.9 Å². The number of hydrogen-bond acceptors (Lipinski definition) is 2. The van der Waals surface area contributed by atoms with Gasteiger partial charge in [0, 0.05) is 6.54 Å². The number of rotatable bonds is 5. The third kappa shape index (κ3) is 3.35. The van der Waals surface area contributed by atoms with Gasteiger partial charge >= 0.3 is 12.3 Å². The molecule has 0 saturated carbocycles. The first-order valence-electron chi connectivity index (χ1n) is 4.95. The molecule has 0 atom stereocenters. The summed E-state index contributed by atoms with van der Waals surface area (Å²) in [6, 6.07) is 6.18. The fraction of sp³-hybridized carbons (Fsp3) is 0.364. The number of methoxy groups -OCH3 is 1. The molecule has 0 bridgehead atoms. The van der Waals surface area contributed by atoms with Gasteiger partial charge < -0.3 is 10.1 Å². The number of ether oxygens (including phenoxy) is 1. The van der Waals surface area contributed by atoms with Crippen molar-refractivity contribution in [3.8, 4) is 5.75 Å². The van der Waals surface area contributed by atoms with Crippen molar-refractivity contribution < 1.29 is 27.1 Å². The van der Waals surface area contributed by atoms with Crippen LogP contribution in [0.4, 0.5) is 17.6 Å². The van der Waals surface area contributed by atoms with Gasteiger partial charge in [-0.15, -0.1) is 0 Å². The number of carbonyl (C=O) groups excluding carboxylic acids is 1. The van der Waals surface area contributed by atoms with Crippen LogP contribution in [-0.4, -0.2) is 25.4 Å². The second-order valence-electron chi connectivity index (χ2n) is 3.45. The normalized spacial score (nSPS) is 11.4. The smallest absolute Gasteiger partial charge is 0.383 e. The van der Waals surface area contributed by atoms with Crippen LogP contribution in [0.2, 0.25) is 0 Å². The molecule has 0 heterocycles. The number of carbonyl (C=O) groups is 1. The molecule has 1 aromatic carbocycles. The summed E-state index contributed by atoms with van der Waals surface area (Å²) >= 11 is 0. The predicted octanol–water partition coefficient (Wildman–Crippen LogP) is 2.21. The number of halogens is 4. The van der Waals surface area contributed by atoms with Crippen molar-refractivity contribution >= 4 is 5.91 Å². The van der Waals surface area contributed by atoms with E-state index >= 15 is 0 Å². The van der Waals surface area contributed by atoms with Crippen LogP contribution >= 0.6 is 0 Å². The fourth-order valence-corrected chi connectivity index (χ4v) is 1.14. The Balaban J connectivity index is 2.57. The summed E-state index contributed by atoms with van der Waals surface area (Å²) < 4.78 is 53.8. The Labute approximate surface area is 101 Å². The zero-order valence-corrected chi connectivity index (χ0v) is 9.42. The zero-order chi connectivity index (χ0) is 13.8. The fourth-order valence-electron chi connectivity index (χ4n) is 1.14. The minimum Gasteiger partial charge on any atom is -0.497 e. The van der Waals surface area contributed by atoms with Gasteiger partial charge in [-0.2, -0.15) is 8.78 Å². The first-order valence-corrected chi connectivity index (χ1v) is 4.95. The third-order valence-corrected chi connectivity index (χ3v) is 2.19. The van der Waals surface area contributed by atoms with Crippen molar-refractivity contribution in [3.63, 3.8) is 0 Å². The molecule has 0 radical (unpaired) electrons. The molecular formula is C11H11F4NO2. The number of nitrogens with one attached hydrogen (secondary N) is 1. The highest BCUT2D eigenvalue weighted by Crippen LogP contribution is 2.22. The van der Waals surface area contributed by atoms with Crippen LogP contribution in [0, 0.1) is 0 Å². The van der Waals surface area contributed by atoms with Gasteiger partial charge in [-0.05, 0) is 17.7 Å². The molecule has 0 fully saturated rings. The van der Waals surface area contributed by atoms with Crippen LogP contribution in [0.3, 0.4) is 0 Å². The second kappa shape index (κ2) is 5.70. The molecule has 0 aliphatic rings. The van der Waals surface area contributed by atoms with E-state index in [9.17, 15) is 22.4 Å². The summed E-state index contributed by atoms with van der Waals surface area (Å²) in [6.45, 7) is -0.259. The molecule has 1 N–H and O–H groups in total. The van der Waals surface area contributed by atoms with E-state index in [1.165, 1.54) is 19.2 Å². The summed E-state index contributed by atoms with van der Waals surface area (Å²) in [6.07, 6.45) is -4.02. The highest BCUT2D eigenvalue weighted by Gasteiger charge is 2.48. The molecule has 0 unspecified atom stereocenters. The Morgan fingerprint density at radius 1 is 1.33 bits per heavy atom. The van der Waals surface area contributed by atoms with Crippen molar-refractivity contribution in [2.75, 3.05) is 7.11 Å². The van der Waals surface area contributed by atoms with Crippen molar-refractivity contribution in [1.82, 2.24) is 5.32 Å². The lowest BCUT2D eigenvalue weighted by Gasteiger charge is -2.14. The second-order valence-corrected chi connectivity index (χ2v) is 3.45. The van der Waals surface area contributed by atoms with E-state index in [4.69, 9.17) is 4.74 Å². The van der Waals surface area contributed by atoms with Gasteiger partial charge in [0.25, 0.3) is 5.91 Å². The Kier molecular flexibility index (Phi) is 4.52. The number of alkyl halides is 4. The summed E-state index contributed by atoms with van der Waals surface area (Å²) in [5.74, 6) is -6.11. The molecule has 1 aromatic rings. The maximum atomic E-state index is 12.6. The molecule has 0 aliphatic heterocycles. The van der Waals surface area contributed by atoms with E-state index in [0.717, 1.165) is 0 Å². The lowest BCUT2D eigenvalue weighted by molar-refractivity contribution is -0.169. The minimum atomic E-state index is -4.67. The number of amides is 1. The standard InChI is InChI=1S/C11H11F4NO2/c1-18-8-4-2-7(3-5-8)6-16-10(17)11(14,15)9(12)13/h2-5,9H,6H2,1H3,(H,16,17). The van der Waals surface area contributed by atoms with E-state index in [0.29, 0.717) is 11.3 Å². The number of hydrogen-bond donors (Lipinski definition) is 1. The molecule has 0 saturated heterocycles. The van der Waals surface area contributed by atoms with Crippen LogP contribution < -0.4 is 10.1 Å². The topological polar surface area (TPSA) is 38.3 Å². The molecule has 1 rings (SSSR count). The molecule has 1 amide bonds. The van der Waals surface area contributed by atoms with Crippen LogP contribution in [0.1, 0.15) is 5.56 Å². The van der Waals surface area contributed by atoms with Crippen LogP contribution in [-0.2, 0) is 11.3 Å². The quantitative estimate of drug-likeness (QED) is 0.829. The Morgan fingerprint density at radius 2 is 1.89 bits per heavy atom. The molecule has 3 nitrogen and oxygen atoms in total. The van der Waals surface area contributed by atoms with Gasteiger partial charge in [-0.3, -0.25) is 4.79 Å². The number of benzene rings is 1. The van der Waals surface area contributed by atoms with Gasteiger partial charge in [0.15, 0.2) is 0 Å². The summed E-state index contributed by atoms with van der Waals surface area (Å²) in [4.78, 5) is 10.8. The Hall–Kier alpha value is -1.79. The van der Waals surface area contributed by atoms with Crippen LogP contribution in [0.5, 0.6) is 5.75 Å².